The molecule has 0 radical (unpaired) electrons. The molecule has 1 saturated heterocycles. The van der Waals surface area contributed by atoms with Crippen molar-refractivity contribution in [1.82, 2.24) is 0 Å². The minimum atomic E-state index is -4.26. The Hall–Kier alpha value is -1.59. The van der Waals surface area contributed by atoms with Gasteiger partial charge in [-0.25, -0.2) is 4.39 Å². The third-order valence-corrected chi connectivity index (χ3v) is 3.57. The van der Waals surface area contributed by atoms with E-state index >= 15 is 0 Å². The van der Waals surface area contributed by atoms with Crippen LogP contribution in [-0.2, 0) is 0 Å². The van der Waals surface area contributed by atoms with E-state index in [1.807, 2.05) is 0 Å². The Labute approximate surface area is 114 Å². The Morgan fingerprint density at radius 1 is 1.35 bits per heavy atom. The Morgan fingerprint density at radius 3 is 2.65 bits per heavy atom. The summed E-state index contributed by atoms with van der Waals surface area (Å²) < 4.78 is 52.1. The highest BCUT2D eigenvalue weighted by Crippen LogP contribution is 2.36. The average Bonchev–Trinajstić information content (AvgIpc) is 2.37. The van der Waals surface area contributed by atoms with Gasteiger partial charge >= 0.3 is 6.18 Å². The number of anilines is 1. The zero-order valence-electron chi connectivity index (χ0n) is 11.0. The molecule has 0 saturated carbocycles. The van der Waals surface area contributed by atoms with Gasteiger partial charge < -0.3 is 4.90 Å². The fraction of sp³-hybridized carbons (Fsp3) is 0.500. The zero-order chi connectivity index (χ0) is 14.9. The zero-order valence-corrected chi connectivity index (χ0v) is 11.0. The molecule has 2 nitrogen and oxygen atoms in total. The molecule has 0 amide bonds. The molecule has 1 aliphatic rings. The maximum atomic E-state index is 13.7. The second-order valence-electron chi connectivity index (χ2n) is 5.02. The molecule has 0 aliphatic carbocycles. The summed E-state index contributed by atoms with van der Waals surface area (Å²) in [6.07, 6.45) is -3.81. The van der Waals surface area contributed by atoms with E-state index in [-0.39, 0.29) is 24.2 Å². The van der Waals surface area contributed by atoms with Gasteiger partial charge in [-0.2, -0.15) is 13.2 Å². The van der Waals surface area contributed by atoms with Crippen molar-refractivity contribution in [2.75, 3.05) is 18.0 Å². The van der Waals surface area contributed by atoms with E-state index in [1.165, 1.54) is 24.0 Å². The second kappa shape index (κ2) is 5.42. The summed E-state index contributed by atoms with van der Waals surface area (Å²) in [6, 6.07) is 4.05. The monoisotopic (exact) mass is 289 g/mol. The van der Waals surface area contributed by atoms with Crippen molar-refractivity contribution < 1.29 is 22.4 Å². The molecule has 20 heavy (non-hydrogen) atoms. The molecule has 1 aromatic carbocycles. The average molecular weight is 289 g/mol. The van der Waals surface area contributed by atoms with Crippen molar-refractivity contribution in [3.05, 3.63) is 29.6 Å². The van der Waals surface area contributed by atoms with Crippen molar-refractivity contribution in [2.45, 2.75) is 25.9 Å². The fourth-order valence-electron chi connectivity index (χ4n) is 2.59. The summed E-state index contributed by atoms with van der Waals surface area (Å²) in [5.41, 5.74) is 0.127. The van der Waals surface area contributed by atoms with Gasteiger partial charge in [0.1, 0.15) is 5.82 Å². The van der Waals surface area contributed by atoms with Gasteiger partial charge in [-0.15, -0.1) is 0 Å². The largest absolute Gasteiger partial charge is 0.393 e. The van der Waals surface area contributed by atoms with E-state index in [9.17, 15) is 22.4 Å². The van der Waals surface area contributed by atoms with Crippen LogP contribution in [0.5, 0.6) is 0 Å². The molecule has 6 heteroatoms. The number of ketones is 1. The van der Waals surface area contributed by atoms with E-state index in [0.717, 1.165) is 6.07 Å². The molecule has 1 atom stereocenters. The predicted molar refractivity (Wildman–Crippen MR) is 67.4 cm³/mol. The number of alkyl halides is 3. The first-order valence-corrected chi connectivity index (χ1v) is 6.42. The number of hydrogen-bond donors (Lipinski definition) is 0. The van der Waals surface area contributed by atoms with Gasteiger partial charge in [0.25, 0.3) is 0 Å². The van der Waals surface area contributed by atoms with Gasteiger partial charge in [0.05, 0.1) is 17.2 Å². The maximum Gasteiger partial charge on any atom is 0.393 e. The van der Waals surface area contributed by atoms with E-state index in [4.69, 9.17) is 0 Å². The number of rotatable bonds is 2. The van der Waals surface area contributed by atoms with Gasteiger partial charge in [-0.1, -0.05) is 6.07 Å². The molecule has 110 valence electrons. The van der Waals surface area contributed by atoms with Crippen LogP contribution >= 0.6 is 0 Å². The van der Waals surface area contributed by atoms with Crippen LogP contribution in [-0.4, -0.2) is 25.0 Å². The van der Waals surface area contributed by atoms with Gasteiger partial charge in [-0.3, -0.25) is 4.79 Å². The fourth-order valence-corrected chi connectivity index (χ4v) is 2.59. The van der Waals surface area contributed by atoms with Crippen LogP contribution < -0.4 is 4.90 Å². The number of Topliss-reactive ketones (excluding diaryl/α,β-unsaturated/α-hetero) is 1. The number of piperidine rings is 1. The minimum absolute atomic E-state index is 0.0741. The topological polar surface area (TPSA) is 20.3 Å². The molecular formula is C14H15F4NO. The molecule has 1 aromatic rings. The van der Waals surface area contributed by atoms with Gasteiger partial charge in [0.15, 0.2) is 5.78 Å². The Morgan fingerprint density at radius 2 is 2.05 bits per heavy atom. The SMILES string of the molecule is CC(=O)c1c(F)cccc1N1CCCC(C(F)(F)F)C1. The summed E-state index contributed by atoms with van der Waals surface area (Å²) in [5.74, 6) is -2.60. The number of halogens is 4. The standard InChI is InChI=1S/C14H15F4NO/c1-9(20)13-11(15)5-2-6-12(13)19-7-3-4-10(8-19)14(16,17)18/h2,5-6,10H,3-4,7-8H2,1H3. The highest BCUT2D eigenvalue weighted by atomic mass is 19.4. The lowest BCUT2D eigenvalue weighted by Gasteiger charge is -2.36. The Kier molecular flexibility index (Phi) is 4.01. The lowest BCUT2D eigenvalue weighted by molar-refractivity contribution is -0.175. The van der Waals surface area contributed by atoms with Crippen LogP contribution in [0.1, 0.15) is 30.1 Å². The molecule has 2 rings (SSSR count). The van der Waals surface area contributed by atoms with Crippen LogP contribution in [0.25, 0.3) is 0 Å². The molecule has 0 aromatic heterocycles. The first-order valence-electron chi connectivity index (χ1n) is 6.42. The normalized spacial score (nSPS) is 20.1. The third-order valence-electron chi connectivity index (χ3n) is 3.57. The van der Waals surface area contributed by atoms with Crippen molar-refractivity contribution in [1.29, 1.82) is 0 Å². The van der Waals surface area contributed by atoms with Gasteiger partial charge in [-0.05, 0) is 31.9 Å². The predicted octanol–water partition coefficient (Wildman–Crippen LogP) is 3.81. The first kappa shape index (κ1) is 14.8. The molecule has 1 unspecified atom stereocenters. The van der Waals surface area contributed by atoms with E-state index in [0.29, 0.717) is 13.0 Å². The van der Waals surface area contributed by atoms with Gasteiger partial charge in [0.2, 0.25) is 0 Å². The van der Waals surface area contributed by atoms with Crippen LogP contribution in [0.3, 0.4) is 0 Å². The Bertz CT molecular complexity index is 512. The second-order valence-corrected chi connectivity index (χ2v) is 5.02. The van der Waals surface area contributed by atoms with Crippen LogP contribution in [0.4, 0.5) is 23.2 Å². The van der Waals surface area contributed by atoms with Crippen LogP contribution in [0, 0.1) is 11.7 Å². The summed E-state index contributed by atoms with van der Waals surface area (Å²) in [6.45, 7) is 1.39. The molecule has 0 bridgehead atoms. The number of carbonyl (C=O) groups excluding carboxylic acids is 1. The lowest BCUT2D eigenvalue weighted by atomic mass is 9.96. The van der Waals surface area contributed by atoms with E-state index in [1.54, 1.807) is 0 Å². The first-order chi connectivity index (χ1) is 9.30. The van der Waals surface area contributed by atoms with E-state index < -0.39 is 23.7 Å². The summed E-state index contributed by atoms with van der Waals surface area (Å²) in [4.78, 5) is 13.0. The lowest BCUT2D eigenvalue weighted by Crippen LogP contribution is -2.42. The third kappa shape index (κ3) is 2.94. The highest BCUT2D eigenvalue weighted by molar-refractivity contribution is 6.00. The van der Waals surface area contributed by atoms with E-state index in [2.05, 4.69) is 0 Å². The van der Waals surface area contributed by atoms with Gasteiger partial charge in [0, 0.05) is 13.1 Å². The number of benzene rings is 1. The number of nitrogens with zero attached hydrogens (tertiary/aromatic N) is 1. The highest BCUT2D eigenvalue weighted by Gasteiger charge is 2.42. The number of carbonyl (C=O) groups is 1. The Balaban J connectivity index is 2.32. The van der Waals surface area contributed by atoms with Crippen LogP contribution in [0.2, 0.25) is 0 Å². The molecule has 1 fully saturated rings. The molecule has 1 heterocycles. The van der Waals surface area contributed by atoms with Crippen LogP contribution in [0.15, 0.2) is 18.2 Å². The van der Waals surface area contributed by atoms with Crippen molar-refractivity contribution in [3.63, 3.8) is 0 Å². The molecule has 0 spiro atoms. The molecule has 0 N–H and O–H groups in total. The quantitative estimate of drug-likeness (QED) is 0.609. The smallest absolute Gasteiger partial charge is 0.370 e. The molecule has 1 aliphatic heterocycles. The van der Waals surface area contributed by atoms with Crippen molar-refractivity contribution in [2.24, 2.45) is 5.92 Å². The maximum absolute atomic E-state index is 13.7. The summed E-state index contributed by atoms with van der Waals surface area (Å²) >= 11 is 0. The van der Waals surface area contributed by atoms with Crippen molar-refractivity contribution >= 4 is 11.5 Å². The number of hydrogen-bond acceptors (Lipinski definition) is 2. The molecular weight excluding hydrogens is 274 g/mol. The summed E-state index contributed by atoms with van der Waals surface area (Å²) in [5, 5.41) is 0. The minimum Gasteiger partial charge on any atom is -0.370 e. The van der Waals surface area contributed by atoms with Crippen molar-refractivity contribution in [3.8, 4) is 0 Å². The summed E-state index contributed by atoms with van der Waals surface area (Å²) in [7, 11) is 0.